The molecule has 2 heterocycles. The van der Waals surface area contributed by atoms with Crippen molar-refractivity contribution < 1.29 is 13.2 Å². The predicted octanol–water partition coefficient (Wildman–Crippen LogP) is 4.74. The second-order valence-corrected chi connectivity index (χ2v) is 6.48. The molecule has 0 aliphatic heterocycles. The smallest absolute Gasteiger partial charge is 0.284 e. The van der Waals surface area contributed by atoms with Crippen molar-refractivity contribution in [2.75, 3.05) is 0 Å². The Hall–Kier alpha value is -0.920. The van der Waals surface area contributed by atoms with E-state index in [2.05, 4.69) is 17.2 Å². The molecule has 0 amide bonds. The fraction of sp³-hybridized carbons (Fsp3) is 0.500. The van der Waals surface area contributed by atoms with Gasteiger partial charge in [0.05, 0.1) is 18.3 Å². The van der Waals surface area contributed by atoms with Crippen LogP contribution in [0.25, 0.3) is 0 Å². The molecule has 1 N–H and O–H groups in total. The maximum atomic E-state index is 12.1. The van der Waals surface area contributed by atoms with Crippen molar-refractivity contribution in [2.45, 2.75) is 44.4 Å². The van der Waals surface area contributed by atoms with Crippen molar-refractivity contribution in [2.24, 2.45) is 0 Å². The molecule has 0 aliphatic carbocycles. The van der Waals surface area contributed by atoms with E-state index in [0.717, 1.165) is 22.9 Å². The number of hydrogen-bond acceptors (Lipinski definition) is 5. The van der Waals surface area contributed by atoms with Crippen LogP contribution in [0.3, 0.4) is 0 Å². The average molecular weight is 332 g/mol. The maximum Gasteiger partial charge on any atom is 0.284 e. The monoisotopic (exact) mass is 332 g/mol. The fourth-order valence-corrected chi connectivity index (χ4v) is 3.30. The SMILES string of the molecule is CCC(NCc1ccc(CSC(F)F)o1)c1nc(C)cs1. The van der Waals surface area contributed by atoms with Gasteiger partial charge in [0.2, 0.25) is 0 Å². The summed E-state index contributed by atoms with van der Waals surface area (Å²) in [5.41, 5.74) is 1.03. The van der Waals surface area contributed by atoms with Crippen molar-refractivity contribution in [1.29, 1.82) is 0 Å². The van der Waals surface area contributed by atoms with Gasteiger partial charge in [-0.1, -0.05) is 18.7 Å². The number of alkyl halides is 2. The van der Waals surface area contributed by atoms with Crippen LogP contribution in [0.2, 0.25) is 0 Å². The lowest BCUT2D eigenvalue weighted by Crippen LogP contribution is -2.19. The lowest BCUT2D eigenvalue weighted by molar-refractivity contribution is 0.251. The first kappa shape index (κ1) is 16.5. The molecule has 0 fully saturated rings. The van der Waals surface area contributed by atoms with Crippen molar-refractivity contribution >= 4 is 23.1 Å². The number of aromatic nitrogens is 1. The predicted molar refractivity (Wildman–Crippen MR) is 82.7 cm³/mol. The third kappa shape index (κ3) is 5.09. The summed E-state index contributed by atoms with van der Waals surface area (Å²) in [6, 6.07) is 3.77. The van der Waals surface area contributed by atoms with Gasteiger partial charge in [-0.3, -0.25) is 0 Å². The molecule has 1 unspecified atom stereocenters. The molecule has 3 nitrogen and oxygen atoms in total. The summed E-state index contributed by atoms with van der Waals surface area (Å²) in [6.45, 7) is 4.64. The van der Waals surface area contributed by atoms with Gasteiger partial charge in [0.15, 0.2) is 0 Å². The third-order valence-electron chi connectivity index (χ3n) is 2.93. The molecule has 2 rings (SSSR count). The number of thioether (sulfide) groups is 1. The van der Waals surface area contributed by atoms with Gasteiger partial charge in [0, 0.05) is 11.1 Å². The number of thiazole rings is 1. The molecular formula is C14H18F2N2OS2. The van der Waals surface area contributed by atoms with Gasteiger partial charge in [-0.05, 0) is 25.5 Å². The van der Waals surface area contributed by atoms with Crippen LogP contribution in [-0.4, -0.2) is 10.7 Å². The van der Waals surface area contributed by atoms with Gasteiger partial charge in [0.1, 0.15) is 16.5 Å². The minimum Gasteiger partial charge on any atom is -0.464 e. The van der Waals surface area contributed by atoms with E-state index in [4.69, 9.17) is 4.42 Å². The molecule has 0 bridgehead atoms. The molecule has 0 saturated heterocycles. The Labute approximate surface area is 131 Å². The molecule has 1 atom stereocenters. The summed E-state index contributed by atoms with van der Waals surface area (Å²) in [4.78, 5) is 4.49. The highest BCUT2D eigenvalue weighted by molar-refractivity contribution is 7.98. The van der Waals surface area contributed by atoms with Gasteiger partial charge in [-0.25, -0.2) is 4.98 Å². The molecule has 0 aromatic carbocycles. The molecule has 2 aromatic heterocycles. The molecule has 7 heteroatoms. The highest BCUT2D eigenvalue weighted by Gasteiger charge is 2.13. The van der Waals surface area contributed by atoms with E-state index < -0.39 is 5.76 Å². The summed E-state index contributed by atoms with van der Waals surface area (Å²) < 4.78 is 29.8. The Bertz CT molecular complexity index is 557. The van der Waals surface area contributed by atoms with E-state index in [1.165, 1.54) is 0 Å². The summed E-state index contributed by atoms with van der Waals surface area (Å²) in [5.74, 6) is -0.836. The third-order valence-corrected chi connectivity index (χ3v) is 4.71. The van der Waals surface area contributed by atoms with E-state index in [0.29, 0.717) is 24.1 Å². The average Bonchev–Trinajstić information content (AvgIpc) is 3.07. The first-order valence-corrected chi connectivity index (χ1v) is 8.64. The number of rotatable bonds is 8. The summed E-state index contributed by atoms with van der Waals surface area (Å²) in [5, 5.41) is 6.49. The van der Waals surface area contributed by atoms with Crippen molar-refractivity contribution in [3.8, 4) is 0 Å². The van der Waals surface area contributed by atoms with Crippen LogP contribution in [0.15, 0.2) is 21.9 Å². The van der Waals surface area contributed by atoms with Crippen molar-refractivity contribution in [3.63, 3.8) is 0 Å². The first-order valence-electron chi connectivity index (χ1n) is 6.71. The van der Waals surface area contributed by atoms with Crippen molar-refractivity contribution in [1.82, 2.24) is 10.3 Å². The van der Waals surface area contributed by atoms with Gasteiger partial charge in [-0.2, -0.15) is 8.78 Å². The van der Waals surface area contributed by atoms with Crippen LogP contribution in [0.5, 0.6) is 0 Å². The largest absolute Gasteiger partial charge is 0.464 e. The molecule has 0 spiro atoms. The van der Waals surface area contributed by atoms with Crippen LogP contribution in [-0.2, 0) is 12.3 Å². The Morgan fingerprint density at radius 2 is 2.14 bits per heavy atom. The zero-order valence-electron chi connectivity index (χ0n) is 11.9. The van der Waals surface area contributed by atoms with E-state index in [9.17, 15) is 8.78 Å². The number of aryl methyl sites for hydroxylation is 1. The minimum absolute atomic E-state index is 0.188. The fourth-order valence-electron chi connectivity index (χ4n) is 1.90. The topological polar surface area (TPSA) is 38.1 Å². The zero-order valence-corrected chi connectivity index (χ0v) is 13.6. The standard InChI is InChI=1S/C14H18F2N2OS2/c1-3-12(13-18-9(2)7-20-13)17-6-10-4-5-11(19-10)8-21-14(15)16/h4-5,7,12,14,17H,3,6,8H2,1-2H3. The van der Waals surface area contributed by atoms with E-state index in [1.54, 1.807) is 17.4 Å². The first-order chi connectivity index (χ1) is 10.1. The van der Waals surface area contributed by atoms with Gasteiger partial charge >= 0.3 is 0 Å². The Morgan fingerprint density at radius 1 is 1.38 bits per heavy atom. The number of hydrogen-bond donors (Lipinski definition) is 1. The van der Waals surface area contributed by atoms with E-state index in [1.807, 2.05) is 18.4 Å². The van der Waals surface area contributed by atoms with Gasteiger partial charge < -0.3 is 9.73 Å². The van der Waals surface area contributed by atoms with Crippen LogP contribution in [0.4, 0.5) is 8.78 Å². The minimum atomic E-state index is -2.37. The van der Waals surface area contributed by atoms with E-state index in [-0.39, 0.29) is 11.8 Å². The van der Waals surface area contributed by atoms with Crippen LogP contribution >= 0.6 is 23.1 Å². The molecule has 0 radical (unpaired) electrons. The van der Waals surface area contributed by atoms with Crippen LogP contribution < -0.4 is 5.32 Å². The Morgan fingerprint density at radius 3 is 2.76 bits per heavy atom. The molecule has 2 aromatic rings. The lowest BCUT2D eigenvalue weighted by Gasteiger charge is -2.13. The number of halogens is 2. The lowest BCUT2D eigenvalue weighted by atomic mass is 10.2. The molecule has 0 aliphatic rings. The summed E-state index contributed by atoms with van der Waals surface area (Å²) in [7, 11) is 0. The van der Waals surface area contributed by atoms with E-state index >= 15 is 0 Å². The van der Waals surface area contributed by atoms with Crippen LogP contribution in [0, 0.1) is 6.92 Å². The number of furan rings is 1. The second-order valence-electron chi connectivity index (χ2n) is 4.61. The molecule has 21 heavy (non-hydrogen) atoms. The Kier molecular flexibility index (Phi) is 6.20. The molecule has 0 saturated carbocycles. The summed E-state index contributed by atoms with van der Waals surface area (Å²) in [6.07, 6.45) is 0.932. The molecule has 116 valence electrons. The Balaban J connectivity index is 1.86. The number of nitrogens with one attached hydrogen (secondary N) is 1. The van der Waals surface area contributed by atoms with Crippen molar-refractivity contribution in [3.05, 3.63) is 39.7 Å². The van der Waals surface area contributed by atoms with Crippen LogP contribution in [0.1, 0.15) is 41.6 Å². The summed E-state index contributed by atoms with van der Waals surface area (Å²) >= 11 is 2.21. The quantitative estimate of drug-likeness (QED) is 0.757. The highest BCUT2D eigenvalue weighted by Crippen LogP contribution is 2.23. The van der Waals surface area contributed by atoms with Gasteiger partial charge in [0.25, 0.3) is 5.76 Å². The zero-order chi connectivity index (χ0) is 15.2. The molecular weight excluding hydrogens is 314 g/mol. The second kappa shape index (κ2) is 7.91. The van der Waals surface area contributed by atoms with Gasteiger partial charge in [-0.15, -0.1) is 11.3 Å². The maximum absolute atomic E-state index is 12.1. The number of nitrogens with zero attached hydrogens (tertiary/aromatic N) is 1. The normalized spacial score (nSPS) is 13.0. The highest BCUT2D eigenvalue weighted by atomic mass is 32.2.